The number of carbonyl (C=O) groups excluding carboxylic acids is 1. The molecule has 0 radical (unpaired) electrons. The summed E-state index contributed by atoms with van der Waals surface area (Å²) < 4.78 is 2.56. The summed E-state index contributed by atoms with van der Waals surface area (Å²) in [4.78, 5) is 17.3. The molecule has 0 amide bonds. The lowest BCUT2D eigenvalue weighted by molar-refractivity contribution is -0.122. The predicted octanol–water partition coefficient (Wildman–Crippen LogP) is 4.88. The third-order valence-electron chi connectivity index (χ3n) is 5.45. The number of thiazole rings is 1. The molecule has 0 unspecified atom stereocenters. The average Bonchev–Trinajstić information content (AvgIpc) is 2.97. The normalized spacial score (nSPS) is 19.4. The monoisotopic (exact) mass is 377 g/mol. The van der Waals surface area contributed by atoms with Crippen LogP contribution in [0.3, 0.4) is 0 Å². The van der Waals surface area contributed by atoms with Crippen LogP contribution in [0.15, 0.2) is 18.6 Å². The minimum absolute atomic E-state index is 0.168. The van der Waals surface area contributed by atoms with Gasteiger partial charge >= 0.3 is 0 Å². The van der Waals surface area contributed by atoms with Crippen LogP contribution in [-0.4, -0.2) is 20.5 Å². The number of halogens is 1. The first-order chi connectivity index (χ1) is 12.2. The first-order valence-electron chi connectivity index (χ1n) is 9.33. The van der Waals surface area contributed by atoms with Crippen LogP contribution in [0.1, 0.15) is 61.6 Å². The zero-order valence-electron chi connectivity index (χ0n) is 14.4. The second-order valence-corrected chi connectivity index (χ2v) is 9.33. The molecule has 25 heavy (non-hydrogen) atoms. The lowest BCUT2D eigenvalue weighted by Crippen LogP contribution is -2.24. The van der Waals surface area contributed by atoms with Crippen LogP contribution in [0.5, 0.6) is 0 Å². The summed E-state index contributed by atoms with van der Waals surface area (Å²) in [7, 11) is 0. The Bertz CT molecular complexity index is 731. The first kappa shape index (κ1) is 17.2. The number of hydrogen-bond acceptors (Lipinski definition) is 4. The molecule has 1 atom stereocenters. The van der Waals surface area contributed by atoms with Gasteiger partial charge in [-0.05, 0) is 43.1 Å². The molecule has 2 heterocycles. The van der Waals surface area contributed by atoms with Gasteiger partial charge in [0, 0.05) is 6.20 Å². The number of Topliss-reactive ketones (excluding diaryl/α,β-unsaturated/α-hetero) is 1. The summed E-state index contributed by atoms with van der Waals surface area (Å²) in [6.45, 7) is 0. The molecule has 0 bridgehead atoms. The highest BCUT2D eigenvalue weighted by Crippen LogP contribution is 2.35. The van der Waals surface area contributed by atoms with Gasteiger partial charge in [-0.3, -0.25) is 9.48 Å². The number of aromatic nitrogens is 3. The third kappa shape index (κ3) is 4.50. The predicted molar refractivity (Wildman–Crippen MR) is 100 cm³/mol. The summed E-state index contributed by atoms with van der Waals surface area (Å²) in [6, 6.07) is -0.168. The molecular formula is C19H24ClN3OS. The number of rotatable bonds is 8. The maximum Gasteiger partial charge on any atom is 0.164 e. The van der Waals surface area contributed by atoms with Gasteiger partial charge in [0.15, 0.2) is 5.78 Å². The number of hydrogen-bond donors (Lipinski definition) is 0. The van der Waals surface area contributed by atoms with E-state index in [1.165, 1.54) is 55.4 Å². The van der Waals surface area contributed by atoms with E-state index in [-0.39, 0.29) is 11.8 Å². The van der Waals surface area contributed by atoms with Crippen molar-refractivity contribution in [3.8, 4) is 0 Å². The Kier molecular flexibility index (Phi) is 5.23. The van der Waals surface area contributed by atoms with Crippen LogP contribution in [0.25, 0.3) is 0 Å². The van der Waals surface area contributed by atoms with Crippen molar-refractivity contribution in [3.63, 3.8) is 0 Å². The molecule has 0 aliphatic heterocycles. The van der Waals surface area contributed by atoms with Crippen molar-refractivity contribution >= 4 is 28.7 Å². The Morgan fingerprint density at radius 3 is 2.72 bits per heavy atom. The van der Waals surface area contributed by atoms with Crippen molar-refractivity contribution in [2.75, 3.05) is 0 Å². The molecule has 134 valence electrons. The van der Waals surface area contributed by atoms with Crippen LogP contribution < -0.4 is 0 Å². The van der Waals surface area contributed by atoms with E-state index in [2.05, 4.69) is 16.3 Å². The maximum atomic E-state index is 13.0. The maximum absolute atomic E-state index is 13.0. The minimum Gasteiger partial charge on any atom is -0.297 e. The molecule has 0 aromatic carbocycles. The van der Waals surface area contributed by atoms with E-state index in [9.17, 15) is 4.79 Å². The fraction of sp³-hybridized carbons (Fsp3) is 0.632. The molecule has 2 saturated carbocycles. The van der Waals surface area contributed by atoms with Crippen molar-refractivity contribution in [2.45, 2.75) is 63.8 Å². The zero-order chi connectivity index (χ0) is 17.2. The summed E-state index contributed by atoms with van der Waals surface area (Å²) in [5.41, 5.74) is 1.27. The zero-order valence-corrected chi connectivity index (χ0v) is 15.9. The van der Waals surface area contributed by atoms with Gasteiger partial charge < -0.3 is 0 Å². The van der Waals surface area contributed by atoms with Gasteiger partial charge in [0.05, 0.1) is 18.8 Å². The van der Waals surface area contributed by atoms with E-state index in [0.29, 0.717) is 16.7 Å². The molecule has 4 nitrogen and oxygen atoms in total. The fourth-order valence-electron chi connectivity index (χ4n) is 3.89. The molecule has 2 aromatic heterocycles. The van der Waals surface area contributed by atoms with Crippen molar-refractivity contribution in [1.82, 2.24) is 14.8 Å². The topological polar surface area (TPSA) is 47.8 Å². The van der Waals surface area contributed by atoms with Crippen LogP contribution in [-0.2, 0) is 17.6 Å². The number of carbonyl (C=O) groups is 1. The Morgan fingerprint density at radius 1 is 1.24 bits per heavy atom. The lowest BCUT2D eigenvalue weighted by atomic mass is 9.95. The fourth-order valence-corrected chi connectivity index (χ4v) is 4.86. The van der Waals surface area contributed by atoms with E-state index in [0.717, 1.165) is 23.8 Å². The van der Waals surface area contributed by atoms with Gasteiger partial charge in [-0.15, -0.1) is 11.3 Å². The molecule has 4 rings (SSSR count). The van der Waals surface area contributed by atoms with E-state index >= 15 is 0 Å². The molecule has 2 aliphatic carbocycles. The van der Waals surface area contributed by atoms with Gasteiger partial charge in [-0.1, -0.05) is 37.3 Å². The van der Waals surface area contributed by atoms with Gasteiger partial charge in [-0.25, -0.2) is 4.98 Å². The van der Waals surface area contributed by atoms with Crippen molar-refractivity contribution in [2.24, 2.45) is 11.8 Å². The van der Waals surface area contributed by atoms with E-state index in [4.69, 9.17) is 11.6 Å². The van der Waals surface area contributed by atoms with Crippen LogP contribution in [0.2, 0.25) is 4.34 Å². The highest BCUT2D eigenvalue weighted by Gasteiger charge is 2.28. The van der Waals surface area contributed by atoms with Crippen molar-refractivity contribution in [1.29, 1.82) is 0 Å². The summed E-state index contributed by atoms with van der Waals surface area (Å²) in [5.74, 6) is 1.68. The first-order valence-corrected chi connectivity index (χ1v) is 10.5. The summed E-state index contributed by atoms with van der Waals surface area (Å²) in [5, 5.41) is 5.36. The Morgan fingerprint density at radius 2 is 2.04 bits per heavy atom. The second kappa shape index (κ2) is 7.58. The highest BCUT2D eigenvalue weighted by molar-refractivity contribution is 7.15. The van der Waals surface area contributed by atoms with Crippen LogP contribution >= 0.6 is 22.9 Å². The molecule has 2 fully saturated rings. The minimum atomic E-state index is -0.168. The molecular weight excluding hydrogens is 354 g/mol. The van der Waals surface area contributed by atoms with E-state index in [1.807, 2.05) is 10.9 Å². The van der Waals surface area contributed by atoms with Gasteiger partial charge in [-0.2, -0.15) is 5.10 Å². The van der Waals surface area contributed by atoms with Gasteiger partial charge in [0.2, 0.25) is 0 Å². The Balaban J connectivity index is 1.49. The van der Waals surface area contributed by atoms with Crippen LogP contribution in [0, 0.1) is 11.8 Å². The molecule has 0 spiro atoms. The largest absolute Gasteiger partial charge is 0.297 e. The summed E-state index contributed by atoms with van der Waals surface area (Å²) in [6.07, 6.45) is 15.8. The van der Waals surface area contributed by atoms with Crippen molar-refractivity contribution < 1.29 is 4.79 Å². The molecule has 2 aromatic rings. The lowest BCUT2D eigenvalue weighted by Gasteiger charge is -2.20. The van der Waals surface area contributed by atoms with Crippen LogP contribution in [0.4, 0.5) is 0 Å². The second-order valence-electron chi connectivity index (χ2n) is 7.58. The smallest absolute Gasteiger partial charge is 0.164 e. The van der Waals surface area contributed by atoms with Gasteiger partial charge in [0.25, 0.3) is 0 Å². The van der Waals surface area contributed by atoms with E-state index < -0.39 is 0 Å². The average molecular weight is 378 g/mol. The van der Waals surface area contributed by atoms with Gasteiger partial charge in [0.1, 0.15) is 15.4 Å². The quantitative estimate of drug-likeness (QED) is 0.658. The highest BCUT2D eigenvalue weighted by atomic mass is 35.5. The van der Waals surface area contributed by atoms with Crippen molar-refractivity contribution in [3.05, 3.63) is 33.5 Å². The molecule has 0 saturated heterocycles. The number of nitrogens with zero attached hydrogens (tertiary/aromatic N) is 3. The molecule has 0 N–H and O–H groups in total. The molecule has 2 aliphatic rings. The standard InChI is InChI=1S/C19H24ClN3OS/c20-18-11-21-19(25-18)9-17(24)16(8-13-3-1-2-4-13)23-12-15(10-22-23)7-14-5-6-14/h10-14,16H,1-9H2/t16-/m1/s1. The summed E-state index contributed by atoms with van der Waals surface area (Å²) >= 11 is 7.36. The molecule has 6 heteroatoms. The Labute approximate surface area is 157 Å². The number of ketones is 1. The Hall–Kier alpha value is -1.20. The van der Waals surface area contributed by atoms with E-state index in [1.54, 1.807) is 6.20 Å². The third-order valence-corrected chi connectivity index (χ3v) is 6.56. The SMILES string of the molecule is O=C(Cc1ncc(Cl)s1)[C@@H](CC1CCCC1)n1cc(CC2CC2)cn1.